The van der Waals surface area contributed by atoms with Crippen molar-refractivity contribution >= 4 is 51.5 Å². The van der Waals surface area contributed by atoms with Gasteiger partial charge in [0, 0.05) is 61.3 Å². The van der Waals surface area contributed by atoms with Gasteiger partial charge >= 0.3 is 0 Å². The van der Waals surface area contributed by atoms with Crippen LogP contribution in [0.1, 0.15) is 59.4 Å². The second-order valence-corrected chi connectivity index (χ2v) is 13.3. The van der Waals surface area contributed by atoms with E-state index in [9.17, 15) is 24.0 Å². The van der Waals surface area contributed by atoms with Crippen LogP contribution in [0.15, 0.2) is 59.3 Å². The number of rotatable bonds is 5. The first-order valence-corrected chi connectivity index (χ1v) is 18.0. The minimum absolute atomic E-state index is 0.115. The maximum absolute atomic E-state index is 13.7. The van der Waals surface area contributed by atoms with Gasteiger partial charge in [0.2, 0.25) is 23.6 Å². The Labute approximate surface area is 306 Å². The fourth-order valence-corrected chi connectivity index (χ4v) is 6.63. The first-order valence-electron chi connectivity index (χ1n) is 18.0. The number of carbonyl (C=O) groups is 5. The molecular weight excluding hydrogens is 678 g/mol. The molecule has 0 aliphatic carbocycles. The van der Waals surface area contributed by atoms with Crippen molar-refractivity contribution in [2.75, 3.05) is 26.2 Å². The van der Waals surface area contributed by atoms with Crippen LogP contribution in [0, 0.1) is 13.8 Å². The Morgan fingerprint density at radius 1 is 0.925 bits per heavy atom. The summed E-state index contributed by atoms with van der Waals surface area (Å²) in [5, 5.41) is 16.3. The number of H-pyrrole nitrogens is 1. The molecule has 53 heavy (non-hydrogen) atoms. The van der Waals surface area contributed by atoms with Gasteiger partial charge in [-0.1, -0.05) is 30.3 Å². The van der Waals surface area contributed by atoms with E-state index in [2.05, 4.69) is 36.4 Å². The number of nitrogens with one attached hydrogen (secondary N) is 5. The Bertz CT molecular complexity index is 2130. The normalized spacial score (nSPS) is 18.6. The van der Waals surface area contributed by atoms with Crippen LogP contribution in [0.4, 0.5) is 0 Å². The molecule has 2 atom stereocenters. The monoisotopic (exact) mass is 723 g/mol. The minimum atomic E-state index is -0.965. The lowest BCUT2D eigenvalue weighted by Gasteiger charge is -2.25. The SMILES string of the molecule is CC[C@@H]1NC(=O)CN(C(=O)Cc2cc(C)no2)CCCNC(=O)c2ccc3nc(C)n(c3c2)CCCNC(=O)[C@@H](Cc2c[nH]c3ccccc23)NC1=O. The average molecular weight is 724 g/mol. The molecule has 1 aliphatic rings. The number of carbonyl (C=O) groups excluding carboxylic acids is 5. The van der Waals surface area contributed by atoms with E-state index >= 15 is 0 Å². The number of fused-ring (bicyclic) bond motifs is 2. The van der Waals surface area contributed by atoms with Gasteiger partial charge in [-0.3, -0.25) is 24.0 Å². The highest BCUT2D eigenvalue weighted by atomic mass is 16.5. The van der Waals surface area contributed by atoms with Gasteiger partial charge < -0.3 is 40.2 Å². The fourth-order valence-electron chi connectivity index (χ4n) is 6.63. The van der Waals surface area contributed by atoms with E-state index in [-0.39, 0.29) is 56.6 Å². The number of hydrogen-bond acceptors (Lipinski definition) is 8. The van der Waals surface area contributed by atoms with Crippen molar-refractivity contribution in [2.45, 2.75) is 71.5 Å². The van der Waals surface area contributed by atoms with Crippen LogP contribution in [0.5, 0.6) is 0 Å². The third-order valence-electron chi connectivity index (χ3n) is 9.43. The number of benzene rings is 2. The molecule has 0 saturated carbocycles. The Morgan fingerprint density at radius 2 is 1.72 bits per heavy atom. The summed E-state index contributed by atoms with van der Waals surface area (Å²) in [6.45, 7) is 6.33. The Balaban J connectivity index is 1.26. The molecule has 5 amide bonds. The lowest BCUT2D eigenvalue weighted by molar-refractivity contribution is -0.137. The topological polar surface area (TPSA) is 196 Å². The molecule has 3 aromatic heterocycles. The fraction of sp³-hybridized carbons (Fsp3) is 0.395. The number of aromatic amines is 1. The van der Waals surface area contributed by atoms with Gasteiger partial charge in [0.25, 0.3) is 5.91 Å². The van der Waals surface area contributed by atoms with E-state index < -0.39 is 23.9 Å². The van der Waals surface area contributed by atoms with Gasteiger partial charge in [0.15, 0.2) is 0 Å². The van der Waals surface area contributed by atoms with Gasteiger partial charge in [-0.2, -0.15) is 0 Å². The second kappa shape index (κ2) is 16.6. The van der Waals surface area contributed by atoms with Crippen LogP contribution in [0.2, 0.25) is 0 Å². The van der Waals surface area contributed by atoms with Crippen molar-refractivity contribution in [3.63, 3.8) is 0 Å². The molecule has 5 N–H and O–H groups in total. The van der Waals surface area contributed by atoms with Crippen LogP contribution < -0.4 is 21.3 Å². The van der Waals surface area contributed by atoms with E-state index in [0.717, 1.165) is 33.3 Å². The molecule has 6 rings (SSSR count). The molecule has 2 bridgehead atoms. The number of hydrogen-bond donors (Lipinski definition) is 5. The van der Waals surface area contributed by atoms with Crippen LogP contribution in [-0.4, -0.2) is 92.4 Å². The summed E-state index contributed by atoms with van der Waals surface area (Å²) in [5.41, 5.74) is 4.39. The number of nitrogens with zero attached hydrogens (tertiary/aromatic N) is 4. The summed E-state index contributed by atoms with van der Waals surface area (Å²) in [6, 6.07) is 12.8. The maximum atomic E-state index is 13.7. The molecule has 0 saturated heterocycles. The summed E-state index contributed by atoms with van der Waals surface area (Å²) >= 11 is 0. The molecule has 1 aliphatic heterocycles. The minimum Gasteiger partial charge on any atom is -0.361 e. The van der Waals surface area contributed by atoms with Crippen LogP contribution >= 0.6 is 0 Å². The smallest absolute Gasteiger partial charge is 0.251 e. The number of amides is 5. The summed E-state index contributed by atoms with van der Waals surface area (Å²) < 4.78 is 7.26. The molecule has 0 spiro atoms. The van der Waals surface area contributed by atoms with Crippen LogP contribution in [-0.2, 0) is 38.6 Å². The first kappa shape index (κ1) is 36.8. The summed E-state index contributed by atoms with van der Waals surface area (Å²) in [6.07, 6.45) is 3.11. The van der Waals surface area contributed by atoms with E-state index in [0.29, 0.717) is 42.9 Å². The van der Waals surface area contributed by atoms with E-state index in [1.807, 2.05) is 42.0 Å². The third kappa shape index (κ3) is 8.91. The van der Waals surface area contributed by atoms with Gasteiger partial charge in [0.1, 0.15) is 23.7 Å². The Hall–Kier alpha value is -5.99. The van der Waals surface area contributed by atoms with Gasteiger partial charge in [-0.05, 0) is 62.9 Å². The first-order chi connectivity index (χ1) is 25.6. The maximum Gasteiger partial charge on any atom is 0.251 e. The molecule has 2 aromatic carbocycles. The second-order valence-electron chi connectivity index (χ2n) is 13.3. The number of aryl methyl sites for hydroxylation is 3. The third-order valence-corrected chi connectivity index (χ3v) is 9.43. The van der Waals surface area contributed by atoms with Crippen LogP contribution in [0.3, 0.4) is 0 Å². The average Bonchev–Trinajstić information content (AvgIpc) is 3.84. The highest BCUT2D eigenvalue weighted by Gasteiger charge is 2.28. The quantitative estimate of drug-likeness (QED) is 0.182. The zero-order valence-electron chi connectivity index (χ0n) is 30.2. The van der Waals surface area contributed by atoms with Crippen molar-refractivity contribution in [1.82, 2.24) is 45.9 Å². The summed E-state index contributed by atoms with van der Waals surface area (Å²) in [4.78, 5) is 76.7. The number of imidazole rings is 1. The standard InChI is InChI=1S/C38H45N9O6/c1-4-29-38(52)44-32(18-26-21-41-30-10-6-5-9-28(26)30)37(51)40-14-8-16-47-24(3)42-31-12-11-25(19-33(31)47)36(50)39-13-7-15-46(22-34(48)43-29)35(49)20-27-17-23(2)45-53-27/h5-6,9-12,17,19,21,29,32,41H,4,7-8,13-16,18,20,22H2,1-3H3,(H,39,50)(H,40,51)(H,43,48)(H,44,52)/t29-,32+/m0/s1. The molecule has 4 heterocycles. The molecule has 0 unspecified atom stereocenters. The van der Waals surface area contributed by atoms with E-state index in [1.54, 1.807) is 38.1 Å². The van der Waals surface area contributed by atoms with E-state index in [1.165, 1.54) is 4.90 Å². The van der Waals surface area contributed by atoms with Crippen molar-refractivity contribution < 1.29 is 28.5 Å². The van der Waals surface area contributed by atoms with Crippen molar-refractivity contribution in [2.24, 2.45) is 0 Å². The highest BCUT2D eigenvalue weighted by molar-refractivity contribution is 5.97. The molecule has 278 valence electrons. The summed E-state index contributed by atoms with van der Waals surface area (Å²) in [5.74, 6) is -0.945. The van der Waals surface area contributed by atoms with Gasteiger partial charge in [-0.15, -0.1) is 0 Å². The predicted octanol–water partition coefficient (Wildman–Crippen LogP) is 2.46. The van der Waals surface area contributed by atoms with Crippen molar-refractivity contribution in [3.8, 4) is 0 Å². The lowest BCUT2D eigenvalue weighted by Crippen LogP contribution is -2.55. The Kier molecular flexibility index (Phi) is 11.5. The van der Waals surface area contributed by atoms with Gasteiger partial charge in [0.05, 0.1) is 29.7 Å². The van der Waals surface area contributed by atoms with Crippen LogP contribution in [0.25, 0.3) is 21.9 Å². The zero-order valence-corrected chi connectivity index (χ0v) is 30.2. The molecule has 5 aromatic rings. The molecule has 0 radical (unpaired) electrons. The lowest BCUT2D eigenvalue weighted by atomic mass is 10.0. The highest BCUT2D eigenvalue weighted by Crippen LogP contribution is 2.21. The predicted molar refractivity (Wildman–Crippen MR) is 197 cm³/mol. The van der Waals surface area contributed by atoms with Crippen molar-refractivity contribution in [3.05, 3.63) is 83.1 Å². The molecule has 15 heteroatoms. The molecule has 0 fully saturated rings. The molecule has 15 nitrogen and oxygen atoms in total. The number of para-hydroxylation sites is 1. The molecular formula is C38H45N9O6. The van der Waals surface area contributed by atoms with Gasteiger partial charge in [-0.25, -0.2) is 4.98 Å². The largest absolute Gasteiger partial charge is 0.361 e. The zero-order chi connectivity index (χ0) is 37.5. The Morgan fingerprint density at radius 3 is 2.51 bits per heavy atom. The number of aromatic nitrogens is 4. The van der Waals surface area contributed by atoms with E-state index in [4.69, 9.17) is 4.52 Å². The summed E-state index contributed by atoms with van der Waals surface area (Å²) in [7, 11) is 0. The van der Waals surface area contributed by atoms with Crippen molar-refractivity contribution in [1.29, 1.82) is 0 Å².